The lowest BCUT2D eigenvalue weighted by molar-refractivity contribution is 0.368. The third-order valence-electron chi connectivity index (χ3n) is 3.66. The molecule has 0 aromatic heterocycles. The molecule has 2 aromatic rings. The number of nitrogens with zero attached hydrogens (tertiary/aromatic N) is 1. The number of hydrogen-bond donors (Lipinski definition) is 1. The highest BCUT2D eigenvalue weighted by Crippen LogP contribution is 2.25. The Morgan fingerprint density at radius 2 is 1.86 bits per heavy atom. The molecule has 0 radical (unpaired) electrons. The maximum absolute atomic E-state index is 8.50. The Morgan fingerprint density at radius 1 is 1.14 bits per heavy atom. The average Bonchev–Trinajstić information content (AvgIpc) is 2.50. The van der Waals surface area contributed by atoms with Crippen LogP contribution in [0.1, 0.15) is 29.7 Å². The molecule has 0 aliphatic rings. The Hall–Kier alpha value is -2.47. The topological polar surface area (TPSA) is 45.0 Å². The number of benzene rings is 2. The van der Waals surface area contributed by atoms with Gasteiger partial charge >= 0.3 is 0 Å². The predicted octanol–water partition coefficient (Wildman–Crippen LogP) is 4.38. The minimum atomic E-state index is 0.0790. The summed E-state index contributed by atoms with van der Waals surface area (Å²) in [5, 5.41) is 12.0. The van der Waals surface area contributed by atoms with Gasteiger partial charge in [-0.05, 0) is 55.7 Å². The zero-order valence-corrected chi connectivity index (χ0v) is 12.7. The van der Waals surface area contributed by atoms with Gasteiger partial charge in [0, 0.05) is 11.7 Å². The van der Waals surface area contributed by atoms with Crippen LogP contribution in [0.25, 0.3) is 0 Å². The van der Waals surface area contributed by atoms with Gasteiger partial charge in [-0.3, -0.25) is 0 Å². The van der Waals surface area contributed by atoms with Crippen molar-refractivity contribution in [1.82, 2.24) is 0 Å². The number of rotatable bonds is 5. The van der Waals surface area contributed by atoms with Crippen molar-refractivity contribution in [2.24, 2.45) is 0 Å². The van der Waals surface area contributed by atoms with Crippen LogP contribution < -0.4 is 10.1 Å². The molecule has 0 fully saturated rings. The van der Waals surface area contributed by atoms with Crippen LogP contribution >= 0.6 is 0 Å². The monoisotopic (exact) mass is 280 g/mol. The van der Waals surface area contributed by atoms with Crippen molar-refractivity contribution < 1.29 is 4.74 Å². The Labute approximate surface area is 126 Å². The van der Waals surface area contributed by atoms with Crippen molar-refractivity contribution in [3.05, 3.63) is 59.2 Å². The molecule has 0 heterocycles. The van der Waals surface area contributed by atoms with Crippen molar-refractivity contribution in [2.45, 2.75) is 26.8 Å². The van der Waals surface area contributed by atoms with Gasteiger partial charge in [-0.25, -0.2) is 0 Å². The number of hydrogen-bond acceptors (Lipinski definition) is 3. The summed E-state index contributed by atoms with van der Waals surface area (Å²) in [7, 11) is 0. The number of nitriles is 1. The van der Waals surface area contributed by atoms with Crippen molar-refractivity contribution in [3.8, 4) is 11.8 Å². The van der Waals surface area contributed by atoms with Gasteiger partial charge in [-0.1, -0.05) is 24.3 Å². The van der Waals surface area contributed by atoms with E-state index in [0.29, 0.717) is 0 Å². The summed E-state index contributed by atoms with van der Waals surface area (Å²) in [5.41, 5.74) is 4.90. The van der Waals surface area contributed by atoms with Gasteiger partial charge < -0.3 is 10.1 Å². The Morgan fingerprint density at radius 3 is 2.52 bits per heavy atom. The average molecular weight is 280 g/mol. The van der Waals surface area contributed by atoms with E-state index in [4.69, 9.17) is 10.00 Å². The minimum absolute atomic E-state index is 0.0790. The zero-order valence-electron chi connectivity index (χ0n) is 12.7. The van der Waals surface area contributed by atoms with E-state index in [1.165, 1.54) is 16.7 Å². The molecule has 2 aromatic carbocycles. The van der Waals surface area contributed by atoms with Gasteiger partial charge in [0.25, 0.3) is 0 Å². The normalized spacial score (nSPS) is 11.5. The Bertz CT molecular complexity index is 641. The van der Waals surface area contributed by atoms with Crippen LogP contribution in [0, 0.1) is 25.2 Å². The summed E-state index contributed by atoms with van der Waals surface area (Å²) in [6.07, 6.45) is 0. The van der Waals surface area contributed by atoms with Crippen LogP contribution in [0.15, 0.2) is 42.5 Å². The molecule has 0 amide bonds. The van der Waals surface area contributed by atoms with Crippen LogP contribution in [0.5, 0.6) is 5.75 Å². The zero-order chi connectivity index (χ0) is 15.2. The van der Waals surface area contributed by atoms with Crippen molar-refractivity contribution >= 4 is 5.69 Å². The quantitative estimate of drug-likeness (QED) is 0.884. The van der Waals surface area contributed by atoms with Gasteiger partial charge in [-0.2, -0.15) is 5.26 Å². The highest BCUT2D eigenvalue weighted by Gasteiger charge is 2.08. The lowest BCUT2D eigenvalue weighted by Gasteiger charge is -2.18. The summed E-state index contributed by atoms with van der Waals surface area (Å²) in [4.78, 5) is 0. The number of anilines is 1. The van der Waals surface area contributed by atoms with E-state index in [0.717, 1.165) is 11.4 Å². The molecule has 0 aliphatic carbocycles. The Kier molecular flexibility index (Phi) is 4.84. The highest BCUT2D eigenvalue weighted by atomic mass is 16.5. The summed E-state index contributed by atoms with van der Waals surface area (Å²) in [6, 6.07) is 16.3. The number of ether oxygens (including phenoxy) is 1. The van der Waals surface area contributed by atoms with E-state index < -0.39 is 0 Å². The molecule has 2 rings (SSSR count). The molecule has 0 spiro atoms. The van der Waals surface area contributed by atoms with E-state index >= 15 is 0 Å². The molecule has 1 N–H and O–H groups in total. The van der Waals surface area contributed by atoms with Gasteiger partial charge in [0.05, 0.1) is 0 Å². The van der Waals surface area contributed by atoms with Gasteiger partial charge in [0.15, 0.2) is 6.61 Å². The summed E-state index contributed by atoms with van der Waals surface area (Å²) in [6.45, 7) is 6.46. The largest absolute Gasteiger partial charge is 0.479 e. The minimum Gasteiger partial charge on any atom is -0.479 e. The van der Waals surface area contributed by atoms with Crippen molar-refractivity contribution in [3.63, 3.8) is 0 Å². The smallest absolute Gasteiger partial charge is 0.174 e. The summed E-state index contributed by atoms with van der Waals surface area (Å²) in [5.74, 6) is 0.722. The molecule has 0 bridgehead atoms. The van der Waals surface area contributed by atoms with E-state index in [-0.39, 0.29) is 12.6 Å². The number of nitrogens with one attached hydrogen (secondary N) is 1. The van der Waals surface area contributed by atoms with Gasteiger partial charge in [-0.15, -0.1) is 0 Å². The molecule has 1 unspecified atom stereocenters. The SMILES string of the molecule is Cc1cccc(NC(C)c2ccc(OCC#N)cc2)c1C. The van der Waals surface area contributed by atoms with E-state index in [9.17, 15) is 0 Å². The molecule has 0 saturated heterocycles. The number of aryl methyl sites for hydroxylation is 1. The van der Waals surface area contributed by atoms with Crippen LogP contribution in [0.3, 0.4) is 0 Å². The summed E-state index contributed by atoms with van der Waals surface area (Å²) < 4.78 is 5.26. The predicted molar refractivity (Wildman–Crippen MR) is 85.5 cm³/mol. The lowest BCUT2D eigenvalue weighted by atomic mass is 10.0. The second-order valence-electron chi connectivity index (χ2n) is 5.13. The first-order valence-electron chi connectivity index (χ1n) is 7.04. The van der Waals surface area contributed by atoms with Gasteiger partial charge in [0.2, 0.25) is 0 Å². The molecular weight excluding hydrogens is 260 g/mol. The highest BCUT2D eigenvalue weighted by molar-refractivity contribution is 5.55. The van der Waals surface area contributed by atoms with E-state index in [1.54, 1.807) is 0 Å². The molecule has 3 nitrogen and oxygen atoms in total. The maximum atomic E-state index is 8.50. The molecular formula is C18H20N2O. The van der Waals surface area contributed by atoms with Crippen molar-refractivity contribution in [2.75, 3.05) is 11.9 Å². The molecule has 108 valence electrons. The molecule has 3 heteroatoms. The van der Waals surface area contributed by atoms with Crippen LogP contribution in [0.2, 0.25) is 0 Å². The second kappa shape index (κ2) is 6.81. The molecule has 0 saturated carbocycles. The molecule has 0 aliphatic heterocycles. The fraction of sp³-hybridized carbons (Fsp3) is 0.278. The first-order valence-corrected chi connectivity index (χ1v) is 7.04. The Balaban J connectivity index is 2.08. The third-order valence-corrected chi connectivity index (χ3v) is 3.66. The maximum Gasteiger partial charge on any atom is 0.174 e. The third kappa shape index (κ3) is 3.76. The first kappa shape index (κ1) is 14.9. The van der Waals surface area contributed by atoms with Crippen LogP contribution in [0.4, 0.5) is 5.69 Å². The molecule has 1 atom stereocenters. The van der Waals surface area contributed by atoms with Gasteiger partial charge in [0.1, 0.15) is 11.8 Å². The van der Waals surface area contributed by atoms with E-state index in [2.05, 4.69) is 44.3 Å². The standard InChI is InChI=1S/C18H20N2O/c1-13-5-4-6-18(14(13)2)20-15(3)16-7-9-17(10-8-16)21-12-11-19/h4-10,15,20H,12H2,1-3H3. The van der Waals surface area contributed by atoms with Crippen LogP contribution in [-0.2, 0) is 0 Å². The van der Waals surface area contributed by atoms with Crippen molar-refractivity contribution in [1.29, 1.82) is 5.26 Å². The fourth-order valence-corrected chi connectivity index (χ4v) is 2.19. The second-order valence-corrected chi connectivity index (χ2v) is 5.13. The molecule has 21 heavy (non-hydrogen) atoms. The van der Waals surface area contributed by atoms with Crippen LogP contribution in [-0.4, -0.2) is 6.61 Å². The fourth-order valence-electron chi connectivity index (χ4n) is 2.19. The summed E-state index contributed by atoms with van der Waals surface area (Å²) >= 11 is 0. The first-order chi connectivity index (χ1) is 10.1. The van der Waals surface area contributed by atoms with E-state index in [1.807, 2.05) is 30.3 Å². The lowest BCUT2D eigenvalue weighted by Crippen LogP contribution is -2.08.